The molecule has 2 N–H and O–H groups in total. The van der Waals surface area contributed by atoms with Gasteiger partial charge in [0.25, 0.3) is 0 Å². The molecule has 0 atom stereocenters. The van der Waals surface area contributed by atoms with E-state index in [1.54, 1.807) is 4.68 Å². The van der Waals surface area contributed by atoms with Crippen molar-refractivity contribution in [3.05, 3.63) is 57.6 Å². The lowest BCUT2D eigenvalue weighted by Gasteiger charge is -2.05. The highest BCUT2D eigenvalue weighted by Crippen LogP contribution is 2.20. The zero-order valence-corrected chi connectivity index (χ0v) is 13.8. The van der Waals surface area contributed by atoms with E-state index in [0.717, 1.165) is 20.7 Å². The van der Waals surface area contributed by atoms with Crippen LogP contribution in [0.2, 0.25) is 0 Å². The number of para-hydroxylation sites is 1. The van der Waals surface area contributed by atoms with Crippen LogP contribution < -0.4 is 10.5 Å². The van der Waals surface area contributed by atoms with Crippen LogP contribution in [0.3, 0.4) is 0 Å². The quantitative estimate of drug-likeness (QED) is 0.624. The molecule has 0 saturated carbocycles. The van der Waals surface area contributed by atoms with Crippen molar-refractivity contribution in [1.82, 2.24) is 20.0 Å². The third kappa shape index (κ3) is 3.45. The van der Waals surface area contributed by atoms with Gasteiger partial charge < -0.3 is 14.9 Å². The molecule has 1 aromatic carbocycles. The van der Waals surface area contributed by atoms with Gasteiger partial charge in [0.2, 0.25) is 0 Å². The number of oxazole rings is 1. The normalized spacial score (nSPS) is 10.8. The summed E-state index contributed by atoms with van der Waals surface area (Å²) in [4.78, 5) is 4.13. The Hall–Kier alpha value is -1.94. The summed E-state index contributed by atoms with van der Waals surface area (Å²) in [5, 5.41) is 8.16. The first-order valence-corrected chi connectivity index (χ1v) is 7.72. The number of nitrogens with zero attached hydrogens (tertiary/aromatic N) is 4. The molecule has 2 aromatic heterocycles. The predicted octanol–water partition coefficient (Wildman–Crippen LogP) is 1.96. The molecule has 0 fully saturated rings. The maximum atomic E-state index is 5.74. The van der Waals surface area contributed by atoms with Crippen LogP contribution in [0.25, 0.3) is 0 Å². The number of aromatic nitrogens is 4. The number of hydrogen-bond acceptors (Lipinski definition) is 6. The van der Waals surface area contributed by atoms with E-state index >= 15 is 0 Å². The molecule has 3 rings (SSSR count). The molecule has 0 aliphatic heterocycles. The summed E-state index contributed by atoms with van der Waals surface area (Å²) < 4.78 is 13.7. The average Bonchev–Trinajstić information content (AvgIpc) is 3.16. The van der Waals surface area contributed by atoms with Gasteiger partial charge in [0.1, 0.15) is 29.5 Å². The summed E-state index contributed by atoms with van der Waals surface area (Å²) in [7, 11) is 0. The van der Waals surface area contributed by atoms with E-state index < -0.39 is 0 Å². The number of rotatable bonds is 6. The fraction of sp³-hybridized carbons (Fsp3) is 0.214. The Balaban J connectivity index is 1.63. The van der Waals surface area contributed by atoms with Gasteiger partial charge >= 0.3 is 0 Å². The molecule has 0 bridgehead atoms. The molecule has 0 aliphatic carbocycles. The van der Waals surface area contributed by atoms with E-state index in [1.165, 1.54) is 6.39 Å². The van der Waals surface area contributed by atoms with Gasteiger partial charge in [-0.25, -0.2) is 9.67 Å². The van der Waals surface area contributed by atoms with Crippen LogP contribution in [-0.2, 0) is 19.7 Å². The molecule has 0 aliphatic rings. The second-order valence-electron chi connectivity index (χ2n) is 4.55. The van der Waals surface area contributed by atoms with Crippen LogP contribution in [0.15, 0.2) is 41.3 Å². The highest BCUT2D eigenvalue weighted by molar-refractivity contribution is 14.1. The zero-order chi connectivity index (χ0) is 15.4. The van der Waals surface area contributed by atoms with Crippen molar-refractivity contribution in [2.24, 2.45) is 5.73 Å². The Morgan fingerprint density at radius 2 is 2.18 bits per heavy atom. The van der Waals surface area contributed by atoms with Crippen LogP contribution in [0.4, 0.5) is 0 Å². The van der Waals surface area contributed by atoms with E-state index in [9.17, 15) is 0 Å². The number of halogens is 1. The van der Waals surface area contributed by atoms with Crippen LogP contribution in [0.5, 0.6) is 5.75 Å². The average molecular weight is 411 g/mol. The van der Waals surface area contributed by atoms with Gasteiger partial charge in [0, 0.05) is 0 Å². The van der Waals surface area contributed by atoms with E-state index in [2.05, 4.69) is 37.9 Å². The second kappa shape index (κ2) is 6.88. The second-order valence-corrected chi connectivity index (χ2v) is 5.72. The summed E-state index contributed by atoms with van der Waals surface area (Å²) in [5.74, 6) is 1.49. The first-order chi connectivity index (χ1) is 10.8. The third-order valence-electron chi connectivity index (χ3n) is 3.02. The third-order valence-corrected chi connectivity index (χ3v) is 3.91. The van der Waals surface area contributed by atoms with Crippen LogP contribution in [0.1, 0.15) is 17.1 Å². The Morgan fingerprint density at radius 1 is 1.32 bits per heavy atom. The number of hydrogen-bond donors (Lipinski definition) is 1. The van der Waals surface area contributed by atoms with Crippen molar-refractivity contribution in [2.75, 3.05) is 0 Å². The highest BCUT2D eigenvalue weighted by Gasteiger charge is 2.09. The predicted molar refractivity (Wildman–Crippen MR) is 87.0 cm³/mol. The van der Waals surface area contributed by atoms with Crippen molar-refractivity contribution < 1.29 is 9.15 Å². The molecule has 0 saturated heterocycles. The van der Waals surface area contributed by atoms with Gasteiger partial charge in [-0.1, -0.05) is 17.3 Å². The van der Waals surface area contributed by atoms with Crippen molar-refractivity contribution in [2.45, 2.75) is 19.7 Å². The van der Waals surface area contributed by atoms with Crippen molar-refractivity contribution in [3.8, 4) is 5.75 Å². The van der Waals surface area contributed by atoms with E-state index in [-0.39, 0.29) is 0 Å². The monoisotopic (exact) mass is 411 g/mol. The van der Waals surface area contributed by atoms with Gasteiger partial charge in [0.15, 0.2) is 6.39 Å². The molecular formula is C14H14IN5O2. The first kappa shape index (κ1) is 15.0. The number of ether oxygens (including phenoxy) is 1. The molecule has 114 valence electrons. The molecule has 8 heteroatoms. The van der Waals surface area contributed by atoms with E-state index in [4.69, 9.17) is 14.9 Å². The zero-order valence-electron chi connectivity index (χ0n) is 11.6. The Morgan fingerprint density at radius 3 is 3.00 bits per heavy atom. The molecule has 7 nitrogen and oxygen atoms in total. The Labute approximate surface area is 140 Å². The van der Waals surface area contributed by atoms with Gasteiger partial charge in [-0.15, -0.1) is 5.10 Å². The molecule has 3 aromatic rings. The summed E-state index contributed by atoms with van der Waals surface area (Å²) >= 11 is 2.23. The van der Waals surface area contributed by atoms with Crippen LogP contribution in [-0.4, -0.2) is 20.0 Å². The van der Waals surface area contributed by atoms with Crippen molar-refractivity contribution in [3.63, 3.8) is 0 Å². The molecule has 0 amide bonds. The van der Waals surface area contributed by atoms with Gasteiger partial charge in [-0.2, -0.15) is 0 Å². The van der Waals surface area contributed by atoms with Gasteiger partial charge in [-0.3, -0.25) is 0 Å². The van der Waals surface area contributed by atoms with E-state index in [1.807, 2.05) is 30.5 Å². The standard InChI is InChI=1S/C14H14IN5O2/c15-11-3-1-2-4-13(11)21-8-10-6-20(19-18-10)7-12-14(5-16)22-9-17-12/h1-4,6,9H,5,7-8,16H2. The molecule has 0 unspecified atom stereocenters. The number of nitrogens with two attached hydrogens (primary N) is 1. The molecule has 0 radical (unpaired) electrons. The topological polar surface area (TPSA) is 92.0 Å². The summed E-state index contributed by atoms with van der Waals surface area (Å²) in [6.07, 6.45) is 3.21. The Bertz CT molecular complexity index is 755. The lowest BCUT2D eigenvalue weighted by molar-refractivity contribution is 0.299. The maximum absolute atomic E-state index is 5.74. The summed E-state index contributed by atoms with van der Waals surface area (Å²) in [5.41, 5.74) is 7.09. The fourth-order valence-electron chi connectivity index (χ4n) is 1.94. The van der Waals surface area contributed by atoms with E-state index in [0.29, 0.717) is 25.5 Å². The molecule has 2 heterocycles. The van der Waals surface area contributed by atoms with Gasteiger partial charge in [0.05, 0.1) is 22.9 Å². The first-order valence-electron chi connectivity index (χ1n) is 6.64. The van der Waals surface area contributed by atoms with Gasteiger partial charge in [-0.05, 0) is 34.7 Å². The number of benzene rings is 1. The molecule has 0 spiro atoms. The smallest absolute Gasteiger partial charge is 0.181 e. The minimum absolute atomic E-state index is 0.312. The van der Waals surface area contributed by atoms with Crippen LogP contribution in [0, 0.1) is 3.57 Å². The SMILES string of the molecule is NCc1ocnc1Cn1cc(COc2ccccc2I)nn1. The summed E-state index contributed by atoms with van der Waals surface area (Å²) in [6.45, 7) is 1.15. The van der Waals surface area contributed by atoms with Crippen molar-refractivity contribution >= 4 is 22.6 Å². The minimum Gasteiger partial charge on any atom is -0.486 e. The van der Waals surface area contributed by atoms with Crippen molar-refractivity contribution in [1.29, 1.82) is 0 Å². The lowest BCUT2D eigenvalue weighted by atomic mass is 10.3. The minimum atomic E-state index is 0.312. The largest absolute Gasteiger partial charge is 0.486 e. The summed E-state index contributed by atoms with van der Waals surface area (Å²) in [6, 6.07) is 7.83. The molecule has 22 heavy (non-hydrogen) atoms. The highest BCUT2D eigenvalue weighted by atomic mass is 127. The fourth-order valence-corrected chi connectivity index (χ4v) is 2.48. The molecular weight excluding hydrogens is 397 g/mol. The van der Waals surface area contributed by atoms with Crippen LogP contribution >= 0.6 is 22.6 Å². The maximum Gasteiger partial charge on any atom is 0.181 e. The lowest BCUT2D eigenvalue weighted by Crippen LogP contribution is -2.06. The Kier molecular flexibility index (Phi) is 4.68.